The Labute approximate surface area is 199 Å². The number of alkyl halides is 3. The number of amides is 1. The van der Waals surface area contributed by atoms with Crippen molar-refractivity contribution in [1.82, 2.24) is 19.7 Å². The van der Waals surface area contributed by atoms with Crippen LogP contribution in [0.15, 0.2) is 82.7 Å². The third kappa shape index (κ3) is 5.60. The highest BCUT2D eigenvalue weighted by Gasteiger charge is 2.30. The third-order valence-electron chi connectivity index (χ3n) is 4.46. The van der Waals surface area contributed by atoms with Crippen LogP contribution in [0.3, 0.4) is 0 Å². The summed E-state index contributed by atoms with van der Waals surface area (Å²) < 4.78 is 41.4. The minimum absolute atomic E-state index is 0.0682. The van der Waals surface area contributed by atoms with Crippen molar-refractivity contribution in [3.8, 4) is 17.1 Å². The highest BCUT2D eigenvalue weighted by Crippen LogP contribution is 2.31. The zero-order valence-corrected chi connectivity index (χ0v) is 19.2. The smallest absolute Gasteiger partial charge is 0.325 e. The molecular formula is C22H15BrF3N5OS. The van der Waals surface area contributed by atoms with Crippen molar-refractivity contribution in [2.24, 2.45) is 0 Å². The fraction of sp³-hybridized carbons (Fsp3) is 0.0909. The molecule has 4 rings (SSSR count). The summed E-state index contributed by atoms with van der Waals surface area (Å²) in [5, 5.41) is 11.5. The highest BCUT2D eigenvalue weighted by molar-refractivity contribution is 9.10. The zero-order chi connectivity index (χ0) is 23.4. The summed E-state index contributed by atoms with van der Waals surface area (Å²) in [5.74, 6) is 0.0389. The number of carbonyl (C=O) groups excluding carboxylic acids is 1. The standard InChI is InChI=1S/C22H15BrF3N5OS/c23-16-4-6-18(7-5-16)31-20(14-8-10-27-11-9-14)29-30-21(31)33-13-19(32)28-17-3-1-2-15(12-17)22(24,25)26/h1-12H,13H2,(H,28,32). The summed E-state index contributed by atoms with van der Waals surface area (Å²) in [6, 6.07) is 15.6. The normalized spacial score (nSPS) is 11.4. The average Bonchev–Trinajstić information content (AvgIpc) is 3.22. The van der Waals surface area contributed by atoms with Crippen LogP contribution in [-0.2, 0) is 11.0 Å². The number of pyridine rings is 1. The molecule has 0 aliphatic rings. The summed E-state index contributed by atoms with van der Waals surface area (Å²) in [7, 11) is 0. The first-order chi connectivity index (χ1) is 15.8. The molecule has 0 radical (unpaired) electrons. The molecule has 0 saturated heterocycles. The van der Waals surface area contributed by atoms with Gasteiger partial charge in [-0.25, -0.2) is 0 Å². The number of hydrogen-bond acceptors (Lipinski definition) is 5. The Morgan fingerprint density at radius 3 is 2.45 bits per heavy atom. The van der Waals surface area contributed by atoms with Gasteiger partial charge in [0.15, 0.2) is 11.0 Å². The van der Waals surface area contributed by atoms with E-state index in [1.165, 1.54) is 12.1 Å². The van der Waals surface area contributed by atoms with Crippen LogP contribution in [0.2, 0.25) is 0 Å². The Balaban J connectivity index is 1.55. The Morgan fingerprint density at radius 1 is 1.03 bits per heavy atom. The Kier molecular flexibility index (Phi) is 6.80. The van der Waals surface area contributed by atoms with Gasteiger partial charge in [0, 0.05) is 33.8 Å². The fourth-order valence-corrected chi connectivity index (χ4v) is 3.99. The third-order valence-corrected chi connectivity index (χ3v) is 5.92. The SMILES string of the molecule is O=C(CSc1nnc(-c2ccncc2)n1-c1ccc(Br)cc1)Nc1cccc(C(F)(F)F)c1. The lowest BCUT2D eigenvalue weighted by Crippen LogP contribution is -2.15. The van der Waals surface area contributed by atoms with Crippen molar-refractivity contribution in [3.05, 3.63) is 83.1 Å². The molecular weight excluding hydrogens is 519 g/mol. The van der Waals surface area contributed by atoms with Crippen LogP contribution in [-0.4, -0.2) is 31.4 Å². The zero-order valence-electron chi connectivity index (χ0n) is 16.8. The molecule has 0 spiro atoms. The predicted molar refractivity (Wildman–Crippen MR) is 123 cm³/mol. The van der Waals surface area contributed by atoms with Crippen LogP contribution in [0.1, 0.15) is 5.56 Å². The molecule has 0 bridgehead atoms. The van der Waals surface area contributed by atoms with Gasteiger partial charge < -0.3 is 5.32 Å². The summed E-state index contributed by atoms with van der Waals surface area (Å²) in [5.41, 5.74) is 0.823. The highest BCUT2D eigenvalue weighted by atomic mass is 79.9. The molecule has 11 heteroatoms. The first-order valence-electron chi connectivity index (χ1n) is 9.53. The van der Waals surface area contributed by atoms with Gasteiger partial charge in [-0.2, -0.15) is 13.2 Å². The van der Waals surface area contributed by atoms with Crippen molar-refractivity contribution in [1.29, 1.82) is 0 Å². The van der Waals surface area contributed by atoms with Crippen LogP contribution < -0.4 is 5.32 Å². The maximum Gasteiger partial charge on any atom is 0.416 e. The van der Waals surface area contributed by atoms with E-state index >= 15 is 0 Å². The van der Waals surface area contributed by atoms with Crippen LogP contribution >= 0.6 is 27.7 Å². The van der Waals surface area contributed by atoms with E-state index in [0.29, 0.717) is 11.0 Å². The maximum absolute atomic E-state index is 12.9. The van der Waals surface area contributed by atoms with E-state index in [-0.39, 0.29) is 11.4 Å². The van der Waals surface area contributed by atoms with Gasteiger partial charge in [0.25, 0.3) is 0 Å². The second kappa shape index (κ2) is 9.75. The van der Waals surface area contributed by atoms with Gasteiger partial charge in [-0.05, 0) is 54.6 Å². The van der Waals surface area contributed by atoms with Crippen LogP contribution in [0.4, 0.5) is 18.9 Å². The Bertz CT molecular complexity index is 1260. The quantitative estimate of drug-likeness (QED) is 0.315. The van der Waals surface area contributed by atoms with Crippen LogP contribution in [0.5, 0.6) is 0 Å². The Hall–Kier alpha value is -3.18. The van der Waals surface area contributed by atoms with Crippen molar-refractivity contribution >= 4 is 39.3 Å². The molecule has 168 valence electrons. The molecule has 2 aromatic carbocycles. The Morgan fingerprint density at radius 2 is 1.76 bits per heavy atom. The molecule has 0 atom stereocenters. The van der Waals surface area contributed by atoms with Crippen LogP contribution in [0.25, 0.3) is 17.1 Å². The van der Waals surface area contributed by atoms with Gasteiger partial charge in [-0.1, -0.05) is 33.8 Å². The largest absolute Gasteiger partial charge is 0.416 e. The molecule has 2 heterocycles. The molecule has 1 N–H and O–H groups in total. The molecule has 0 aliphatic carbocycles. The van der Waals surface area contributed by atoms with Crippen LogP contribution in [0, 0.1) is 0 Å². The number of hydrogen-bond donors (Lipinski definition) is 1. The second-order valence-electron chi connectivity index (χ2n) is 6.77. The van der Waals surface area contributed by atoms with E-state index in [9.17, 15) is 18.0 Å². The number of rotatable bonds is 6. The van der Waals surface area contributed by atoms with Crippen molar-refractivity contribution in [3.63, 3.8) is 0 Å². The van der Waals surface area contributed by atoms with Gasteiger partial charge in [0.1, 0.15) is 0 Å². The van der Waals surface area contributed by atoms with E-state index in [4.69, 9.17) is 0 Å². The van der Waals surface area contributed by atoms with E-state index in [1.54, 1.807) is 24.5 Å². The first-order valence-corrected chi connectivity index (χ1v) is 11.3. The molecule has 33 heavy (non-hydrogen) atoms. The summed E-state index contributed by atoms with van der Waals surface area (Å²) in [6.07, 6.45) is -1.20. The van der Waals surface area contributed by atoms with E-state index in [2.05, 4.69) is 36.4 Å². The number of halogens is 4. The molecule has 0 aliphatic heterocycles. The lowest BCUT2D eigenvalue weighted by atomic mass is 10.2. The number of thioether (sulfide) groups is 1. The fourth-order valence-electron chi connectivity index (χ4n) is 2.97. The maximum atomic E-state index is 12.9. The van der Waals surface area contributed by atoms with Gasteiger partial charge in [0.2, 0.25) is 5.91 Å². The van der Waals surface area contributed by atoms with Crippen molar-refractivity contribution < 1.29 is 18.0 Å². The molecule has 2 aromatic heterocycles. The lowest BCUT2D eigenvalue weighted by Gasteiger charge is -2.11. The molecule has 6 nitrogen and oxygen atoms in total. The van der Waals surface area contributed by atoms with E-state index in [1.807, 2.05) is 28.8 Å². The second-order valence-corrected chi connectivity index (χ2v) is 8.63. The summed E-state index contributed by atoms with van der Waals surface area (Å²) >= 11 is 4.54. The predicted octanol–water partition coefficient (Wildman–Crippen LogP) is 5.84. The number of nitrogens with one attached hydrogen (secondary N) is 1. The number of aromatic nitrogens is 4. The van der Waals surface area contributed by atoms with Gasteiger partial charge >= 0.3 is 6.18 Å². The summed E-state index contributed by atoms with van der Waals surface area (Å²) in [6.45, 7) is 0. The molecule has 1 amide bonds. The van der Waals surface area contributed by atoms with E-state index in [0.717, 1.165) is 39.6 Å². The number of benzene rings is 2. The number of carbonyl (C=O) groups is 1. The van der Waals surface area contributed by atoms with Gasteiger partial charge in [-0.15, -0.1) is 10.2 Å². The lowest BCUT2D eigenvalue weighted by molar-refractivity contribution is -0.137. The molecule has 0 saturated carbocycles. The van der Waals surface area contributed by atoms with Crippen molar-refractivity contribution in [2.45, 2.75) is 11.3 Å². The first kappa shape index (κ1) is 23.0. The molecule has 0 unspecified atom stereocenters. The topological polar surface area (TPSA) is 72.7 Å². The summed E-state index contributed by atoms with van der Waals surface area (Å²) in [4.78, 5) is 16.5. The number of anilines is 1. The number of nitrogens with zero attached hydrogens (tertiary/aromatic N) is 4. The minimum atomic E-state index is -4.49. The van der Waals surface area contributed by atoms with Gasteiger partial charge in [0.05, 0.1) is 11.3 Å². The average molecular weight is 534 g/mol. The van der Waals surface area contributed by atoms with Gasteiger partial charge in [-0.3, -0.25) is 14.3 Å². The van der Waals surface area contributed by atoms with Crippen molar-refractivity contribution in [2.75, 3.05) is 11.1 Å². The molecule has 0 fully saturated rings. The minimum Gasteiger partial charge on any atom is -0.325 e. The van der Waals surface area contributed by atoms with E-state index < -0.39 is 17.6 Å². The monoisotopic (exact) mass is 533 g/mol. The molecule has 4 aromatic rings.